The first kappa shape index (κ1) is 20.4. The molecule has 30 heavy (non-hydrogen) atoms. The molecule has 0 aliphatic carbocycles. The van der Waals surface area contributed by atoms with Crippen molar-refractivity contribution in [3.8, 4) is 5.75 Å². The molecule has 1 fully saturated rings. The van der Waals surface area contributed by atoms with Gasteiger partial charge in [-0.3, -0.25) is 4.90 Å². The van der Waals surface area contributed by atoms with Gasteiger partial charge < -0.3 is 15.4 Å². The zero-order chi connectivity index (χ0) is 20.8. The highest BCUT2D eigenvalue weighted by molar-refractivity contribution is 6.30. The minimum atomic E-state index is 0.521. The molecule has 1 aliphatic heterocycles. The Morgan fingerprint density at radius 2 is 1.83 bits per heavy atom. The summed E-state index contributed by atoms with van der Waals surface area (Å²) in [7, 11) is 0. The number of ether oxygens (including phenoxy) is 1. The Hall–Kier alpha value is -2.83. The number of benzene rings is 2. The maximum absolute atomic E-state index is 6.07. The third kappa shape index (κ3) is 5.62. The second kappa shape index (κ2) is 9.78. The van der Waals surface area contributed by atoms with Crippen molar-refractivity contribution >= 4 is 34.7 Å². The monoisotopic (exact) mass is 423 g/mol. The second-order valence-electron chi connectivity index (χ2n) is 7.41. The summed E-state index contributed by atoms with van der Waals surface area (Å²) < 4.78 is 5.86. The van der Waals surface area contributed by atoms with Crippen LogP contribution in [0.2, 0.25) is 5.02 Å². The first-order valence-corrected chi connectivity index (χ1v) is 10.6. The summed E-state index contributed by atoms with van der Waals surface area (Å²) in [4.78, 5) is 11.4. The lowest BCUT2D eigenvalue weighted by Crippen LogP contribution is -2.25. The summed E-state index contributed by atoms with van der Waals surface area (Å²) in [6, 6.07) is 15.4. The number of hydrogen-bond acceptors (Lipinski definition) is 6. The zero-order valence-corrected chi connectivity index (χ0v) is 17.8. The Balaban J connectivity index is 1.35. The van der Waals surface area contributed by atoms with Gasteiger partial charge in [-0.2, -0.15) is 4.98 Å². The van der Waals surface area contributed by atoms with Crippen LogP contribution in [-0.2, 0) is 0 Å². The van der Waals surface area contributed by atoms with E-state index in [0.717, 1.165) is 35.1 Å². The topological polar surface area (TPSA) is 62.3 Å². The van der Waals surface area contributed by atoms with Gasteiger partial charge in [-0.1, -0.05) is 17.7 Å². The molecule has 0 amide bonds. The molecule has 2 heterocycles. The Bertz CT molecular complexity index is 974. The molecule has 1 saturated heterocycles. The summed E-state index contributed by atoms with van der Waals surface area (Å²) in [6.07, 6.45) is 4.40. The number of nitrogens with one attached hydrogen (secondary N) is 2. The molecule has 0 atom stereocenters. The fraction of sp³-hybridized carbons (Fsp3) is 0.304. The van der Waals surface area contributed by atoms with Crippen molar-refractivity contribution in [2.75, 3.05) is 36.9 Å². The number of anilines is 4. The fourth-order valence-electron chi connectivity index (χ4n) is 3.39. The summed E-state index contributed by atoms with van der Waals surface area (Å²) >= 11 is 6.07. The van der Waals surface area contributed by atoms with E-state index < -0.39 is 0 Å². The number of nitrogens with zero attached hydrogens (tertiary/aromatic N) is 3. The predicted molar refractivity (Wildman–Crippen MR) is 122 cm³/mol. The van der Waals surface area contributed by atoms with Crippen LogP contribution < -0.4 is 15.4 Å². The Kier molecular flexibility index (Phi) is 6.67. The van der Waals surface area contributed by atoms with Crippen molar-refractivity contribution in [2.45, 2.75) is 19.8 Å². The number of aromatic nitrogens is 2. The van der Waals surface area contributed by atoms with Crippen LogP contribution in [0.3, 0.4) is 0 Å². The van der Waals surface area contributed by atoms with Crippen LogP contribution in [-0.4, -0.2) is 41.1 Å². The average molecular weight is 424 g/mol. The van der Waals surface area contributed by atoms with Gasteiger partial charge >= 0.3 is 0 Å². The maximum Gasteiger partial charge on any atom is 0.229 e. The lowest BCUT2D eigenvalue weighted by Gasteiger charge is -2.15. The molecule has 3 aromatic rings. The molecule has 0 bridgehead atoms. The fourth-order valence-corrected chi connectivity index (χ4v) is 3.58. The zero-order valence-electron chi connectivity index (χ0n) is 17.1. The van der Waals surface area contributed by atoms with Crippen LogP contribution in [0.1, 0.15) is 18.4 Å². The van der Waals surface area contributed by atoms with Gasteiger partial charge in [0.2, 0.25) is 5.95 Å². The molecule has 0 spiro atoms. The molecule has 6 nitrogen and oxygen atoms in total. The van der Waals surface area contributed by atoms with Crippen molar-refractivity contribution in [2.24, 2.45) is 0 Å². The minimum absolute atomic E-state index is 0.521. The van der Waals surface area contributed by atoms with Crippen molar-refractivity contribution in [3.05, 3.63) is 65.3 Å². The van der Waals surface area contributed by atoms with Crippen molar-refractivity contribution in [3.63, 3.8) is 0 Å². The lowest BCUT2D eigenvalue weighted by molar-refractivity contribution is 0.238. The number of likely N-dealkylation sites (tertiary alicyclic amines) is 1. The molecule has 4 rings (SSSR count). The molecule has 1 aromatic heterocycles. The van der Waals surface area contributed by atoms with Crippen LogP contribution in [0.25, 0.3) is 0 Å². The molecule has 0 unspecified atom stereocenters. The van der Waals surface area contributed by atoms with Crippen LogP contribution >= 0.6 is 11.6 Å². The van der Waals surface area contributed by atoms with Gasteiger partial charge in [0, 0.05) is 34.7 Å². The third-order valence-electron chi connectivity index (χ3n) is 5.04. The van der Waals surface area contributed by atoms with Gasteiger partial charge in [0.1, 0.15) is 18.2 Å². The van der Waals surface area contributed by atoms with E-state index >= 15 is 0 Å². The van der Waals surface area contributed by atoms with E-state index in [9.17, 15) is 0 Å². The van der Waals surface area contributed by atoms with Gasteiger partial charge in [0.05, 0.1) is 0 Å². The highest BCUT2D eigenvalue weighted by Gasteiger charge is 2.11. The molecular weight excluding hydrogens is 398 g/mol. The van der Waals surface area contributed by atoms with Gasteiger partial charge in [-0.05, 0) is 75.3 Å². The largest absolute Gasteiger partial charge is 0.492 e. The van der Waals surface area contributed by atoms with Crippen molar-refractivity contribution in [1.29, 1.82) is 0 Å². The molecule has 1 aliphatic rings. The average Bonchev–Trinajstić information content (AvgIpc) is 3.25. The maximum atomic E-state index is 6.07. The Labute approximate surface area is 182 Å². The van der Waals surface area contributed by atoms with E-state index in [4.69, 9.17) is 16.3 Å². The summed E-state index contributed by atoms with van der Waals surface area (Å²) in [5, 5.41) is 7.21. The number of rotatable bonds is 8. The molecule has 0 radical (unpaired) electrons. The molecule has 7 heteroatoms. The SMILES string of the molecule is Cc1cnc(Nc2ccc(OCCN3CCCC3)cc2)nc1Nc1cccc(Cl)c1. The first-order chi connectivity index (χ1) is 14.7. The standard InChI is InChI=1S/C23H26ClN5O/c1-17-16-25-23(28-22(17)26-20-6-4-5-18(24)15-20)27-19-7-9-21(10-8-19)30-14-13-29-11-2-3-12-29/h4-10,15-16H,2-3,11-14H2,1H3,(H2,25,26,27,28). The normalized spacial score (nSPS) is 13.9. The smallest absolute Gasteiger partial charge is 0.229 e. The number of aryl methyl sites for hydroxylation is 1. The highest BCUT2D eigenvalue weighted by atomic mass is 35.5. The summed E-state index contributed by atoms with van der Waals surface area (Å²) in [5.74, 6) is 2.12. The number of hydrogen-bond donors (Lipinski definition) is 2. The van der Waals surface area contributed by atoms with Crippen LogP contribution in [0.5, 0.6) is 5.75 Å². The third-order valence-corrected chi connectivity index (χ3v) is 5.28. The van der Waals surface area contributed by atoms with E-state index in [1.54, 1.807) is 6.20 Å². The van der Waals surface area contributed by atoms with E-state index in [0.29, 0.717) is 17.6 Å². The van der Waals surface area contributed by atoms with Gasteiger partial charge in [-0.15, -0.1) is 0 Å². The molecule has 2 aromatic carbocycles. The molecule has 2 N–H and O–H groups in total. The van der Waals surface area contributed by atoms with Gasteiger partial charge in [-0.25, -0.2) is 4.98 Å². The van der Waals surface area contributed by atoms with Crippen LogP contribution in [0.4, 0.5) is 23.1 Å². The first-order valence-electron chi connectivity index (χ1n) is 10.2. The van der Waals surface area contributed by atoms with Crippen LogP contribution in [0.15, 0.2) is 54.7 Å². The van der Waals surface area contributed by atoms with E-state index in [2.05, 4.69) is 25.5 Å². The second-order valence-corrected chi connectivity index (χ2v) is 7.84. The predicted octanol–water partition coefficient (Wildman–Crippen LogP) is 5.40. The lowest BCUT2D eigenvalue weighted by atomic mass is 10.3. The number of halogens is 1. The summed E-state index contributed by atoms with van der Waals surface area (Å²) in [5.41, 5.74) is 2.73. The molecule has 156 valence electrons. The quantitative estimate of drug-likeness (QED) is 0.505. The highest BCUT2D eigenvalue weighted by Crippen LogP contribution is 2.23. The molecule has 0 saturated carbocycles. The van der Waals surface area contributed by atoms with E-state index in [1.807, 2.05) is 55.5 Å². The van der Waals surface area contributed by atoms with Crippen LogP contribution in [0, 0.1) is 6.92 Å². The minimum Gasteiger partial charge on any atom is -0.492 e. The van der Waals surface area contributed by atoms with E-state index in [1.165, 1.54) is 25.9 Å². The summed E-state index contributed by atoms with van der Waals surface area (Å²) in [6.45, 7) is 6.05. The van der Waals surface area contributed by atoms with Gasteiger partial charge in [0.25, 0.3) is 0 Å². The molecular formula is C23H26ClN5O. The Morgan fingerprint density at radius 3 is 2.60 bits per heavy atom. The Morgan fingerprint density at radius 1 is 1.03 bits per heavy atom. The van der Waals surface area contributed by atoms with Crippen molar-refractivity contribution < 1.29 is 4.74 Å². The van der Waals surface area contributed by atoms with Gasteiger partial charge in [0.15, 0.2) is 0 Å². The van der Waals surface area contributed by atoms with Crippen molar-refractivity contribution in [1.82, 2.24) is 14.9 Å². The van der Waals surface area contributed by atoms with E-state index in [-0.39, 0.29) is 0 Å².